The van der Waals surface area contributed by atoms with Crippen LogP contribution in [0.5, 0.6) is 0 Å². The van der Waals surface area contributed by atoms with Crippen molar-refractivity contribution in [2.24, 2.45) is 11.8 Å². The van der Waals surface area contributed by atoms with E-state index in [0.717, 1.165) is 12.8 Å². The first-order chi connectivity index (χ1) is 29.6. The molecule has 13 rings (SSSR count). The van der Waals surface area contributed by atoms with Crippen LogP contribution in [0.1, 0.15) is 37.1 Å². The summed E-state index contributed by atoms with van der Waals surface area (Å²) >= 11 is 0. The van der Waals surface area contributed by atoms with Crippen LogP contribution in [0.4, 0.5) is 0 Å². The Hall–Kier alpha value is -7.16. The van der Waals surface area contributed by atoms with Crippen molar-refractivity contribution < 1.29 is 0 Å². The van der Waals surface area contributed by atoms with Gasteiger partial charge in [-0.2, -0.15) is 0 Å². The molecule has 0 saturated carbocycles. The number of hydrogen-bond donors (Lipinski definition) is 0. The van der Waals surface area contributed by atoms with Gasteiger partial charge in [-0.05, 0) is 146 Å². The van der Waals surface area contributed by atoms with Crippen molar-refractivity contribution in [3.63, 3.8) is 0 Å². The zero-order valence-corrected chi connectivity index (χ0v) is 33.8. The molecule has 3 heterocycles. The van der Waals surface area contributed by atoms with Crippen molar-refractivity contribution in [2.45, 2.75) is 26.7 Å². The highest BCUT2D eigenvalue weighted by molar-refractivity contribution is 6.11. The monoisotopic (exact) mass is 766 g/mol. The maximum absolute atomic E-state index is 2.62. The zero-order chi connectivity index (χ0) is 39.6. The van der Waals surface area contributed by atoms with Gasteiger partial charge in [0, 0.05) is 33.0 Å². The van der Waals surface area contributed by atoms with Crippen LogP contribution >= 0.6 is 0 Å². The van der Waals surface area contributed by atoms with E-state index in [0.29, 0.717) is 11.8 Å². The van der Waals surface area contributed by atoms with Gasteiger partial charge in [-0.3, -0.25) is 0 Å². The number of aromatic nitrogens is 2. The van der Waals surface area contributed by atoms with Crippen LogP contribution in [-0.2, 0) is 6.42 Å². The molecule has 2 aliphatic carbocycles. The van der Waals surface area contributed by atoms with Gasteiger partial charge in [0.1, 0.15) is 0 Å². The van der Waals surface area contributed by atoms with E-state index in [-0.39, 0.29) is 0 Å². The second-order valence-corrected chi connectivity index (χ2v) is 17.4. The molecule has 0 spiro atoms. The summed E-state index contributed by atoms with van der Waals surface area (Å²) in [4.78, 5) is 0. The first-order valence-corrected chi connectivity index (χ1v) is 21.5. The number of rotatable bonds is 3. The smallest absolute Gasteiger partial charge is 0.0576 e. The molecule has 0 radical (unpaired) electrons. The molecule has 2 aromatic heterocycles. The van der Waals surface area contributed by atoms with Crippen molar-refractivity contribution in [1.29, 1.82) is 0 Å². The Balaban J connectivity index is 0.964. The Morgan fingerprint density at radius 2 is 1.12 bits per heavy atom. The van der Waals surface area contributed by atoms with E-state index < -0.39 is 0 Å². The van der Waals surface area contributed by atoms with Crippen LogP contribution in [0.15, 0.2) is 188 Å². The molecule has 2 heteroatoms. The van der Waals surface area contributed by atoms with Gasteiger partial charge in [0.05, 0.1) is 27.9 Å². The third-order valence-corrected chi connectivity index (χ3v) is 13.8. The van der Waals surface area contributed by atoms with E-state index in [2.05, 4.69) is 205 Å². The number of para-hydroxylation sites is 1. The molecule has 60 heavy (non-hydrogen) atoms. The fourth-order valence-corrected chi connectivity index (χ4v) is 11.0. The minimum absolute atomic E-state index is 0.444. The van der Waals surface area contributed by atoms with E-state index in [9.17, 15) is 0 Å². The van der Waals surface area contributed by atoms with Crippen LogP contribution in [-0.4, -0.2) is 9.13 Å². The van der Waals surface area contributed by atoms with Crippen molar-refractivity contribution in [2.75, 3.05) is 0 Å². The fraction of sp³-hybridized carbons (Fsp3) is 0.103. The summed E-state index contributed by atoms with van der Waals surface area (Å²) in [6.45, 7) is 4.81. The Bertz CT molecular complexity index is 3560. The molecule has 3 aliphatic rings. The first-order valence-electron chi connectivity index (χ1n) is 21.5. The molecule has 284 valence electrons. The van der Waals surface area contributed by atoms with Crippen molar-refractivity contribution in [3.05, 3.63) is 204 Å². The Kier molecular flexibility index (Phi) is 7.13. The maximum Gasteiger partial charge on any atom is 0.0576 e. The van der Waals surface area contributed by atoms with Crippen molar-refractivity contribution >= 4 is 65.4 Å². The Labute approximate surface area is 349 Å². The predicted octanol–water partition coefficient (Wildman–Crippen LogP) is 15.3. The van der Waals surface area contributed by atoms with Crippen molar-refractivity contribution in [3.8, 4) is 33.6 Å². The van der Waals surface area contributed by atoms with E-state index >= 15 is 0 Å². The molecule has 2 nitrogen and oxygen atoms in total. The molecule has 0 N–H and O–H groups in total. The summed E-state index contributed by atoms with van der Waals surface area (Å²) in [5.41, 5.74) is 19.7. The molecule has 0 bridgehead atoms. The number of hydrogen-bond acceptors (Lipinski definition) is 0. The van der Waals surface area contributed by atoms with E-state index in [1.807, 2.05) is 0 Å². The zero-order valence-electron chi connectivity index (χ0n) is 33.8. The SMILES string of the molecule is CC1C=C2C3=C(c4cc5ccccc5cc4-n4c2c(c2cc(-c5ccc6c(c5)c5ccccc5n6-c5ccc(-c6ccc7ccccc7c6)cc5)ccc24)C1)C(C)CC=C3. The summed E-state index contributed by atoms with van der Waals surface area (Å²) < 4.78 is 5.05. The highest BCUT2D eigenvalue weighted by atomic mass is 15.0. The van der Waals surface area contributed by atoms with Crippen LogP contribution in [0.25, 0.3) is 99.0 Å². The van der Waals surface area contributed by atoms with Crippen LogP contribution in [0.2, 0.25) is 0 Å². The lowest BCUT2D eigenvalue weighted by Gasteiger charge is -2.26. The molecular formula is C58H42N2. The average molecular weight is 767 g/mol. The van der Waals surface area contributed by atoms with Gasteiger partial charge in [-0.25, -0.2) is 0 Å². The van der Waals surface area contributed by atoms with Gasteiger partial charge < -0.3 is 9.13 Å². The lowest BCUT2D eigenvalue weighted by Crippen LogP contribution is -2.11. The summed E-state index contributed by atoms with van der Waals surface area (Å²) in [5, 5.41) is 9.03. The molecule has 8 aromatic carbocycles. The van der Waals surface area contributed by atoms with Crippen molar-refractivity contribution in [1.82, 2.24) is 9.13 Å². The molecule has 10 aromatic rings. The Morgan fingerprint density at radius 3 is 1.92 bits per heavy atom. The van der Waals surface area contributed by atoms with E-state index in [1.165, 1.54) is 121 Å². The Morgan fingerprint density at radius 1 is 0.500 bits per heavy atom. The first kappa shape index (κ1) is 33.8. The number of fused-ring (bicyclic) bond motifs is 12. The summed E-state index contributed by atoms with van der Waals surface area (Å²) in [7, 11) is 0. The third kappa shape index (κ3) is 4.88. The molecule has 1 aliphatic heterocycles. The quantitative estimate of drug-likeness (QED) is 0.169. The topological polar surface area (TPSA) is 9.86 Å². The largest absolute Gasteiger partial charge is 0.309 e. The molecule has 0 amide bonds. The second kappa shape index (κ2) is 12.7. The van der Waals surface area contributed by atoms with E-state index in [4.69, 9.17) is 0 Å². The van der Waals surface area contributed by atoms with E-state index in [1.54, 1.807) is 0 Å². The number of allylic oxidation sites excluding steroid dienone is 6. The standard InChI is InChI=1S/C58H42N2/c1-35-28-50-47-16-9-10-36(2)57(47)52-33-40-13-5-6-14-41(40)34-56(52)60-55-27-23-44(32-49(55)51(29-35)58(50)60)43-22-26-54-48(31-43)46-15-7-8-17-53(46)59(54)45-24-20-38(21-25-45)42-19-18-37-11-3-4-12-39(37)30-42/h3-9,11-28,30-36H,10,29H2,1-2H3. The van der Waals surface area contributed by atoms with Gasteiger partial charge in [0.25, 0.3) is 0 Å². The molecule has 0 fully saturated rings. The van der Waals surface area contributed by atoms with Crippen LogP contribution in [0.3, 0.4) is 0 Å². The van der Waals surface area contributed by atoms with Gasteiger partial charge >= 0.3 is 0 Å². The van der Waals surface area contributed by atoms with Crippen LogP contribution < -0.4 is 0 Å². The highest BCUT2D eigenvalue weighted by Gasteiger charge is 2.34. The lowest BCUT2D eigenvalue weighted by atomic mass is 9.77. The maximum atomic E-state index is 2.62. The normalized spacial score (nSPS) is 17.0. The predicted molar refractivity (Wildman–Crippen MR) is 254 cm³/mol. The molecular weight excluding hydrogens is 725 g/mol. The summed E-state index contributed by atoms with van der Waals surface area (Å²) in [6.07, 6.45) is 9.48. The summed E-state index contributed by atoms with van der Waals surface area (Å²) in [6, 6.07) is 61.4. The molecule has 2 atom stereocenters. The molecule has 0 saturated heterocycles. The summed E-state index contributed by atoms with van der Waals surface area (Å²) in [5.74, 6) is 0.892. The number of nitrogens with zero attached hydrogens (tertiary/aromatic N) is 2. The minimum Gasteiger partial charge on any atom is -0.309 e. The molecule has 2 unspecified atom stereocenters. The van der Waals surface area contributed by atoms with Gasteiger partial charge in [0.2, 0.25) is 0 Å². The minimum atomic E-state index is 0.444. The van der Waals surface area contributed by atoms with Gasteiger partial charge in [-0.1, -0.05) is 135 Å². The van der Waals surface area contributed by atoms with Gasteiger partial charge in [0.15, 0.2) is 0 Å². The lowest BCUT2D eigenvalue weighted by molar-refractivity contribution is 0.713. The fourth-order valence-electron chi connectivity index (χ4n) is 11.0. The second-order valence-electron chi connectivity index (χ2n) is 17.4. The van der Waals surface area contributed by atoms with Gasteiger partial charge in [-0.15, -0.1) is 0 Å². The third-order valence-electron chi connectivity index (χ3n) is 13.8. The number of benzene rings is 8. The van der Waals surface area contributed by atoms with Crippen LogP contribution in [0, 0.1) is 11.8 Å². The highest BCUT2D eigenvalue weighted by Crippen LogP contribution is 2.51. The average Bonchev–Trinajstić information content (AvgIpc) is 3.76.